The van der Waals surface area contributed by atoms with Gasteiger partial charge < -0.3 is 19.5 Å². The first-order valence-electron chi connectivity index (χ1n) is 8.37. The Labute approximate surface area is 164 Å². The lowest BCUT2D eigenvalue weighted by Gasteiger charge is -2.10. The van der Waals surface area contributed by atoms with Gasteiger partial charge in [0.05, 0.1) is 6.26 Å². The van der Waals surface area contributed by atoms with Crippen LogP contribution in [0.2, 0.25) is 0 Å². The van der Waals surface area contributed by atoms with E-state index in [2.05, 4.69) is 34.7 Å². The second-order valence-corrected chi connectivity index (χ2v) is 5.52. The largest absolute Gasteiger partial charge is 0.469 e. The summed E-state index contributed by atoms with van der Waals surface area (Å²) in [5.41, 5.74) is 0.937. The highest BCUT2D eigenvalue weighted by Crippen LogP contribution is 2.18. The van der Waals surface area contributed by atoms with Gasteiger partial charge in [-0.3, -0.25) is 4.99 Å². The van der Waals surface area contributed by atoms with Crippen molar-refractivity contribution in [2.75, 3.05) is 19.6 Å². The summed E-state index contributed by atoms with van der Waals surface area (Å²) in [4.78, 5) is 4.57. The lowest BCUT2D eigenvalue weighted by molar-refractivity contribution is 0.510. The fourth-order valence-electron chi connectivity index (χ4n) is 2.54. The molecule has 0 aliphatic heterocycles. The van der Waals surface area contributed by atoms with Crippen molar-refractivity contribution < 1.29 is 8.83 Å². The number of halogens is 1. The highest BCUT2D eigenvalue weighted by molar-refractivity contribution is 14.0. The Morgan fingerprint density at radius 1 is 1.04 bits per heavy atom. The Bertz CT molecular complexity index is 748. The molecular formula is C19H24IN3O2. The monoisotopic (exact) mass is 453 g/mol. The van der Waals surface area contributed by atoms with Crippen molar-refractivity contribution >= 4 is 40.9 Å². The van der Waals surface area contributed by atoms with E-state index in [-0.39, 0.29) is 24.0 Å². The molecule has 0 amide bonds. The molecule has 6 heteroatoms. The zero-order valence-corrected chi connectivity index (χ0v) is 16.7. The van der Waals surface area contributed by atoms with Crippen LogP contribution in [0.1, 0.15) is 18.4 Å². The first-order valence-corrected chi connectivity index (χ1v) is 8.37. The van der Waals surface area contributed by atoms with Gasteiger partial charge in [0.25, 0.3) is 0 Å². The average Bonchev–Trinajstić information content (AvgIpc) is 3.23. The van der Waals surface area contributed by atoms with Gasteiger partial charge >= 0.3 is 0 Å². The first-order chi connectivity index (χ1) is 11.8. The Morgan fingerprint density at radius 2 is 1.92 bits per heavy atom. The molecule has 0 saturated carbocycles. The van der Waals surface area contributed by atoms with Gasteiger partial charge in [-0.2, -0.15) is 0 Å². The first kappa shape index (κ1) is 19.4. The van der Waals surface area contributed by atoms with Crippen LogP contribution in [-0.2, 0) is 12.8 Å². The molecule has 0 spiro atoms. The molecule has 0 unspecified atom stereocenters. The molecule has 2 heterocycles. The van der Waals surface area contributed by atoms with Crippen LogP contribution in [0.25, 0.3) is 11.0 Å². The van der Waals surface area contributed by atoms with Crippen LogP contribution in [0.15, 0.2) is 62.6 Å². The molecule has 3 aromatic rings. The fourth-order valence-corrected chi connectivity index (χ4v) is 2.54. The van der Waals surface area contributed by atoms with Gasteiger partial charge in [-0.25, -0.2) is 0 Å². The summed E-state index contributed by atoms with van der Waals surface area (Å²) >= 11 is 0. The maximum Gasteiger partial charge on any atom is 0.191 e. The number of guanidine groups is 1. The smallest absolute Gasteiger partial charge is 0.191 e. The third kappa shape index (κ3) is 5.81. The van der Waals surface area contributed by atoms with E-state index in [1.165, 1.54) is 0 Å². The molecule has 0 radical (unpaired) electrons. The van der Waals surface area contributed by atoms with E-state index in [0.29, 0.717) is 6.54 Å². The van der Waals surface area contributed by atoms with E-state index >= 15 is 0 Å². The van der Waals surface area contributed by atoms with Crippen molar-refractivity contribution in [3.8, 4) is 0 Å². The number of aliphatic imine (C=N–C) groups is 1. The van der Waals surface area contributed by atoms with Gasteiger partial charge in [-0.1, -0.05) is 18.2 Å². The lowest BCUT2D eigenvalue weighted by atomic mass is 10.2. The summed E-state index contributed by atoms with van der Waals surface area (Å²) in [6, 6.07) is 14.0. The lowest BCUT2D eigenvalue weighted by Crippen LogP contribution is -2.38. The van der Waals surface area contributed by atoms with Gasteiger partial charge in [0.1, 0.15) is 17.1 Å². The van der Waals surface area contributed by atoms with Crippen LogP contribution >= 0.6 is 24.0 Å². The van der Waals surface area contributed by atoms with Crippen molar-refractivity contribution in [3.05, 3.63) is 60.2 Å². The number of benzene rings is 1. The van der Waals surface area contributed by atoms with E-state index in [9.17, 15) is 0 Å². The number of hydrogen-bond acceptors (Lipinski definition) is 3. The van der Waals surface area contributed by atoms with Crippen molar-refractivity contribution in [1.82, 2.24) is 10.6 Å². The van der Waals surface area contributed by atoms with Crippen LogP contribution in [0.5, 0.6) is 0 Å². The minimum atomic E-state index is 0. The number of para-hydroxylation sites is 1. The molecule has 1 aromatic carbocycles. The molecule has 134 valence electrons. The third-order valence-electron chi connectivity index (χ3n) is 3.69. The molecule has 3 rings (SSSR count). The molecule has 0 aliphatic rings. The molecule has 0 fully saturated rings. The molecular weight excluding hydrogens is 429 g/mol. The Kier molecular flexibility index (Phi) is 7.84. The molecule has 5 nitrogen and oxygen atoms in total. The standard InChI is InChI=1S/C19H23N3O2.HI/c1-2-20-19(21-11-9-16-7-5-13-23-16)22-12-10-17-14-15-6-3-4-8-18(15)24-17;/h3-8,13-14H,2,9-12H2,1H3,(H2,20,21,22);1H. The van der Waals surface area contributed by atoms with Crippen molar-refractivity contribution in [3.63, 3.8) is 0 Å². The molecule has 0 atom stereocenters. The second kappa shape index (κ2) is 10.1. The summed E-state index contributed by atoms with van der Waals surface area (Å²) in [6.45, 7) is 4.35. The normalized spacial score (nSPS) is 11.3. The summed E-state index contributed by atoms with van der Waals surface area (Å²) < 4.78 is 11.1. The zero-order valence-electron chi connectivity index (χ0n) is 14.3. The Hall–Kier alpha value is -1.96. The van der Waals surface area contributed by atoms with Gasteiger partial charge in [-0.15, -0.1) is 24.0 Å². The van der Waals surface area contributed by atoms with Gasteiger partial charge in [0.15, 0.2) is 5.96 Å². The van der Waals surface area contributed by atoms with Crippen LogP contribution < -0.4 is 10.6 Å². The van der Waals surface area contributed by atoms with E-state index < -0.39 is 0 Å². The Balaban J connectivity index is 0.00000225. The molecule has 2 aromatic heterocycles. The Morgan fingerprint density at radius 3 is 2.68 bits per heavy atom. The molecule has 25 heavy (non-hydrogen) atoms. The van der Waals surface area contributed by atoms with E-state index in [0.717, 1.165) is 54.4 Å². The number of furan rings is 2. The second-order valence-electron chi connectivity index (χ2n) is 5.52. The number of nitrogens with zero attached hydrogens (tertiary/aromatic N) is 1. The number of hydrogen-bond donors (Lipinski definition) is 2. The molecule has 2 N–H and O–H groups in total. The summed E-state index contributed by atoms with van der Waals surface area (Å²) in [7, 11) is 0. The minimum Gasteiger partial charge on any atom is -0.469 e. The van der Waals surface area contributed by atoms with E-state index in [4.69, 9.17) is 8.83 Å². The number of rotatable bonds is 7. The average molecular weight is 453 g/mol. The van der Waals surface area contributed by atoms with Crippen LogP contribution in [-0.4, -0.2) is 25.6 Å². The number of fused-ring (bicyclic) bond motifs is 1. The van der Waals surface area contributed by atoms with Crippen molar-refractivity contribution in [2.45, 2.75) is 19.8 Å². The fraction of sp³-hybridized carbons (Fsp3) is 0.316. The van der Waals surface area contributed by atoms with E-state index in [1.807, 2.05) is 30.3 Å². The molecule has 0 bridgehead atoms. The van der Waals surface area contributed by atoms with Gasteiger partial charge in [-0.05, 0) is 31.2 Å². The highest BCUT2D eigenvalue weighted by atomic mass is 127. The van der Waals surface area contributed by atoms with Crippen LogP contribution in [0.4, 0.5) is 0 Å². The number of nitrogens with one attached hydrogen (secondary N) is 2. The maximum absolute atomic E-state index is 5.83. The zero-order chi connectivity index (χ0) is 16.6. The van der Waals surface area contributed by atoms with Gasteiger partial charge in [0, 0.05) is 37.9 Å². The highest BCUT2D eigenvalue weighted by Gasteiger charge is 2.04. The SMILES string of the molecule is CCNC(=NCCc1ccco1)NCCc1cc2ccccc2o1.I. The maximum atomic E-state index is 5.83. The third-order valence-corrected chi connectivity index (χ3v) is 3.69. The van der Waals surface area contributed by atoms with Gasteiger partial charge in [0.2, 0.25) is 0 Å². The topological polar surface area (TPSA) is 62.7 Å². The van der Waals surface area contributed by atoms with Crippen LogP contribution in [0.3, 0.4) is 0 Å². The van der Waals surface area contributed by atoms with Crippen molar-refractivity contribution in [2.24, 2.45) is 4.99 Å². The summed E-state index contributed by atoms with van der Waals surface area (Å²) in [6.07, 6.45) is 3.31. The predicted octanol–water partition coefficient (Wildman–Crippen LogP) is 3.98. The predicted molar refractivity (Wildman–Crippen MR) is 112 cm³/mol. The quantitative estimate of drug-likeness (QED) is 0.323. The van der Waals surface area contributed by atoms with Crippen LogP contribution in [0, 0.1) is 0 Å². The van der Waals surface area contributed by atoms with Crippen molar-refractivity contribution in [1.29, 1.82) is 0 Å². The minimum absolute atomic E-state index is 0. The van der Waals surface area contributed by atoms with E-state index in [1.54, 1.807) is 6.26 Å². The summed E-state index contributed by atoms with van der Waals surface area (Å²) in [5.74, 6) is 2.76. The molecule has 0 saturated heterocycles. The summed E-state index contributed by atoms with van der Waals surface area (Å²) in [5, 5.41) is 7.74. The molecule has 0 aliphatic carbocycles.